The normalized spacial score (nSPS) is 14.1. The van der Waals surface area contributed by atoms with Crippen molar-refractivity contribution in [3.8, 4) is 17.1 Å². The van der Waals surface area contributed by atoms with Crippen LogP contribution in [0.3, 0.4) is 0 Å². The minimum atomic E-state index is -0.0272. The van der Waals surface area contributed by atoms with Crippen molar-refractivity contribution in [1.29, 1.82) is 0 Å². The van der Waals surface area contributed by atoms with Crippen LogP contribution >= 0.6 is 11.6 Å². The average molecular weight is 409 g/mol. The molecule has 6 nitrogen and oxygen atoms in total. The molecule has 7 heteroatoms. The lowest BCUT2D eigenvalue weighted by Gasteiger charge is -2.10. The Bertz CT molecular complexity index is 1280. The first-order valence-electron chi connectivity index (χ1n) is 9.70. The molecule has 1 fully saturated rings. The zero-order chi connectivity index (χ0) is 20.3. The summed E-state index contributed by atoms with van der Waals surface area (Å²) >= 11 is 6.47. The predicted octanol–water partition coefficient (Wildman–Crippen LogP) is 4.93. The number of nitrogens with zero attached hydrogens (tertiary/aromatic N) is 4. The fraction of sp³-hybridized carbons (Fsp3) is 0.318. The number of carbonyl (C=O) groups is 1. The topological polar surface area (TPSA) is 61.4 Å². The molecule has 0 radical (unpaired) electrons. The van der Waals surface area contributed by atoms with Gasteiger partial charge in [-0.05, 0) is 50.8 Å². The fourth-order valence-electron chi connectivity index (χ4n) is 3.99. The lowest BCUT2D eigenvalue weighted by molar-refractivity contribution is 0.101. The van der Waals surface area contributed by atoms with Gasteiger partial charge in [0, 0.05) is 35.5 Å². The summed E-state index contributed by atoms with van der Waals surface area (Å²) in [6, 6.07) is 5.88. The third kappa shape index (κ3) is 2.90. The summed E-state index contributed by atoms with van der Waals surface area (Å²) in [5, 5.41) is 6.40. The molecule has 0 N–H and O–H groups in total. The van der Waals surface area contributed by atoms with Crippen molar-refractivity contribution in [3.05, 3.63) is 46.9 Å². The maximum atomic E-state index is 11.9. The molecule has 0 aliphatic heterocycles. The molecule has 5 rings (SSSR count). The lowest BCUT2D eigenvalue weighted by Crippen LogP contribution is -2.03. The summed E-state index contributed by atoms with van der Waals surface area (Å²) in [4.78, 5) is 16.2. The number of hydrogen-bond acceptors (Lipinski definition) is 4. The van der Waals surface area contributed by atoms with Crippen LogP contribution in [0.15, 0.2) is 30.6 Å². The van der Waals surface area contributed by atoms with E-state index in [9.17, 15) is 4.79 Å². The Morgan fingerprint density at radius 2 is 2.10 bits per heavy atom. The summed E-state index contributed by atoms with van der Waals surface area (Å²) in [5.41, 5.74) is 5.24. The van der Waals surface area contributed by atoms with Gasteiger partial charge in [-0.3, -0.25) is 4.79 Å². The summed E-state index contributed by atoms with van der Waals surface area (Å²) in [6.45, 7) is 4.47. The molecule has 1 saturated carbocycles. The van der Waals surface area contributed by atoms with Crippen LogP contribution in [-0.4, -0.2) is 32.1 Å². The van der Waals surface area contributed by atoms with E-state index in [0.29, 0.717) is 22.4 Å². The van der Waals surface area contributed by atoms with E-state index < -0.39 is 0 Å². The third-order valence-corrected chi connectivity index (χ3v) is 5.98. The molecule has 148 valence electrons. The van der Waals surface area contributed by atoms with Crippen molar-refractivity contribution < 1.29 is 9.53 Å². The standard InChI is InChI=1S/C22H21ClN4O2/c1-12-19(25-27-11-16(13(2)28)9-18(29-3)20(12)27)17-8-15-6-7-24-22(23)21(15)26(17)10-14-4-5-14/h6-9,11,14H,4-5,10H2,1-3H3. The van der Waals surface area contributed by atoms with Gasteiger partial charge in [0.2, 0.25) is 0 Å². The van der Waals surface area contributed by atoms with Crippen molar-refractivity contribution in [2.45, 2.75) is 33.2 Å². The molecule has 29 heavy (non-hydrogen) atoms. The zero-order valence-corrected chi connectivity index (χ0v) is 17.3. The first-order chi connectivity index (χ1) is 14.0. The predicted molar refractivity (Wildman–Crippen MR) is 113 cm³/mol. The van der Waals surface area contributed by atoms with Gasteiger partial charge in [0.15, 0.2) is 10.9 Å². The van der Waals surface area contributed by atoms with Crippen LogP contribution in [0.4, 0.5) is 0 Å². The van der Waals surface area contributed by atoms with Crippen molar-refractivity contribution in [2.75, 3.05) is 7.11 Å². The Labute approximate surface area is 173 Å². The molecule has 0 saturated heterocycles. The molecule has 0 bridgehead atoms. The molecule has 1 aliphatic rings. The van der Waals surface area contributed by atoms with Gasteiger partial charge in [-0.25, -0.2) is 9.50 Å². The summed E-state index contributed by atoms with van der Waals surface area (Å²) < 4.78 is 9.57. The van der Waals surface area contributed by atoms with E-state index in [1.54, 1.807) is 37.0 Å². The maximum Gasteiger partial charge on any atom is 0.161 e. The lowest BCUT2D eigenvalue weighted by atomic mass is 10.1. The monoisotopic (exact) mass is 408 g/mol. The van der Waals surface area contributed by atoms with Crippen LogP contribution in [0.5, 0.6) is 5.75 Å². The van der Waals surface area contributed by atoms with Gasteiger partial charge in [-0.2, -0.15) is 5.10 Å². The first-order valence-corrected chi connectivity index (χ1v) is 10.1. The summed E-state index contributed by atoms with van der Waals surface area (Å²) in [5.74, 6) is 1.27. The number of ether oxygens (including phenoxy) is 1. The van der Waals surface area contributed by atoms with Crippen molar-refractivity contribution in [2.24, 2.45) is 5.92 Å². The molecule has 4 aromatic heterocycles. The number of Topliss-reactive ketones (excluding diaryl/α,β-unsaturated/α-hetero) is 1. The Balaban J connectivity index is 1.79. The van der Waals surface area contributed by atoms with E-state index in [1.165, 1.54) is 12.8 Å². The number of fused-ring (bicyclic) bond motifs is 2. The van der Waals surface area contributed by atoms with Gasteiger partial charge in [0.05, 0.1) is 18.3 Å². The largest absolute Gasteiger partial charge is 0.494 e. The summed E-state index contributed by atoms with van der Waals surface area (Å²) in [7, 11) is 1.61. The van der Waals surface area contributed by atoms with Crippen LogP contribution in [-0.2, 0) is 6.54 Å². The Morgan fingerprint density at radius 1 is 1.31 bits per heavy atom. The van der Waals surface area contributed by atoms with E-state index in [4.69, 9.17) is 21.4 Å². The molecule has 1 aliphatic carbocycles. The number of carbonyl (C=O) groups excluding carboxylic acids is 1. The number of rotatable bonds is 5. The number of hydrogen-bond donors (Lipinski definition) is 0. The highest BCUT2D eigenvalue weighted by Crippen LogP contribution is 2.39. The number of aromatic nitrogens is 4. The van der Waals surface area contributed by atoms with Crippen LogP contribution in [0, 0.1) is 12.8 Å². The van der Waals surface area contributed by atoms with Crippen LogP contribution < -0.4 is 4.74 Å². The van der Waals surface area contributed by atoms with Crippen molar-refractivity contribution in [3.63, 3.8) is 0 Å². The van der Waals surface area contributed by atoms with E-state index >= 15 is 0 Å². The van der Waals surface area contributed by atoms with Gasteiger partial charge in [-0.15, -0.1) is 0 Å². The highest BCUT2D eigenvalue weighted by atomic mass is 35.5. The second-order valence-electron chi connectivity index (χ2n) is 7.74. The third-order valence-electron chi connectivity index (χ3n) is 5.70. The number of pyridine rings is 2. The Hall–Kier alpha value is -2.86. The van der Waals surface area contributed by atoms with Crippen LogP contribution in [0.2, 0.25) is 5.15 Å². The fourth-order valence-corrected chi connectivity index (χ4v) is 4.26. The molecule has 0 unspecified atom stereocenters. The van der Waals surface area contributed by atoms with Crippen LogP contribution in [0.1, 0.15) is 35.7 Å². The molecule has 0 atom stereocenters. The molecule has 0 aromatic carbocycles. The zero-order valence-electron chi connectivity index (χ0n) is 16.6. The van der Waals surface area contributed by atoms with Gasteiger partial charge in [0.1, 0.15) is 17.0 Å². The number of halogens is 1. The van der Waals surface area contributed by atoms with Gasteiger partial charge in [0.25, 0.3) is 0 Å². The van der Waals surface area contributed by atoms with E-state index in [1.807, 2.05) is 13.0 Å². The van der Waals surface area contributed by atoms with Gasteiger partial charge >= 0.3 is 0 Å². The SMILES string of the molecule is COc1cc(C(C)=O)cn2nc(-c3cc4ccnc(Cl)c4n3CC3CC3)c(C)c12. The minimum absolute atomic E-state index is 0.0272. The van der Waals surface area contributed by atoms with Gasteiger partial charge < -0.3 is 9.30 Å². The Kier molecular flexibility index (Phi) is 4.13. The molecule has 0 spiro atoms. The molecular weight excluding hydrogens is 388 g/mol. The van der Waals surface area contributed by atoms with Crippen molar-refractivity contribution >= 4 is 33.8 Å². The van der Waals surface area contributed by atoms with E-state index in [-0.39, 0.29) is 5.78 Å². The average Bonchev–Trinajstić information content (AvgIpc) is 3.35. The smallest absolute Gasteiger partial charge is 0.161 e. The number of ketones is 1. The second kappa shape index (κ2) is 6.59. The van der Waals surface area contributed by atoms with E-state index in [0.717, 1.165) is 39.9 Å². The summed E-state index contributed by atoms with van der Waals surface area (Å²) in [6.07, 6.45) is 5.96. The molecule has 4 heterocycles. The second-order valence-corrected chi connectivity index (χ2v) is 8.10. The number of aryl methyl sites for hydroxylation is 1. The molecular formula is C22H21ClN4O2. The van der Waals surface area contributed by atoms with Gasteiger partial charge in [-0.1, -0.05) is 11.6 Å². The first kappa shape index (κ1) is 18.2. The van der Waals surface area contributed by atoms with E-state index in [2.05, 4.69) is 15.6 Å². The maximum absolute atomic E-state index is 11.9. The highest BCUT2D eigenvalue weighted by molar-refractivity contribution is 6.34. The van der Waals surface area contributed by atoms with Crippen molar-refractivity contribution in [1.82, 2.24) is 19.2 Å². The highest BCUT2D eigenvalue weighted by Gasteiger charge is 2.27. The molecule has 4 aromatic rings. The van der Waals surface area contributed by atoms with Crippen LogP contribution in [0.25, 0.3) is 27.8 Å². The quantitative estimate of drug-likeness (QED) is 0.347. The molecule has 0 amide bonds. The Morgan fingerprint density at radius 3 is 2.79 bits per heavy atom. The minimum Gasteiger partial charge on any atom is -0.494 e. The number of methoxy groups -OCH3 is 1.